The highest BCUT2D eigenvalue weighted by molar-refractivity contribution is 7.89. The second kappa shape index (κ2) is 12.0. The quantitative estimate of drug-likeness (QED) is 0.370. The predicted octanol–water partition coefficient (Wildman–Crippen LogP) is 3.62. The number of sulfonamides is 1. The van der Waals surface area contributed by atoms with Gasteiger partial charge < -0.3 is 19.5 Å². The van der Waals surface area contributed by atoms with E-state index >= 15 is 0 Å². The molecule has 4 rings (SSSR count). The van der Waals surface area contributed by atoms with E-state index in [1.54, 1.807) is 30.3 Å². The minimum absolute atomic E-state index is 0.216. The fourth-order valence-electron chi connectivity index (χ4n) is 4.45. The van der Waals surface area contributed by atoms with E-state index in [1.165, 1.54) is 12.1 Å². The monoisotopic (exact) mass is 502 g/mol. The van der Waals surface area contributed by atoms with Gasteiger partial charge in [0.05, 0.1) is 11.5 Å². The molecule has 1 saturated heterocycles. The van der Waals surface area contributed by atoms with Crippen LogP contribution in [0.5, 0.6) is 5.75 Å². The summed E-state index contributed by atoms with van der Waals surface area (Å²) in [6, 6.07) is 11.2. The third-order valence-corrected chi connectivity index (χ3v) is 8.05. The SMILES string of the molecule is CCN1CCN(CCCOc2ccc(S(=O)(=O)NCCCc3c[nH]c4ccc(F)cc34)cc2)CC1. The summed E-state index contributed by atoms with van der Waals surface area (Å²) in [4.78, 5) is 8.26. The van der Waals surface area contributed by atoms with E-state index in [0.29, 0.717) is 31.7 Å². The van der Waals surface area contributed by atoms with Crippen LogP contribution in [-0.4, -0.2) is 75.6 Å². The van der Waals surface area contributed by atoms with E-state index in [9.17, 15) is 12.8 Å². The third kappa shape index (κ3) is 7.04. The standard InChI is InChI=1S/C26H35FN4O3S/c1-2-30-14-16-31(17-15-30)13-4-18-34-23-7-9-24(10-8-23)35(32,33)29-12-3-5-21-20-28-26-11-6-22(27)19-25(21)26/h6-11,19-20,28-29H,2-5,12-18H2,1H3. The molecular weight excluding hydrogens is 467 g/mol. The lowest BCUT2D eigenvalue weighted by Crippen LogP contribution is -2.46. The van der Waals surface area contributed by atoms with Crippen molar-refractivity contribution in [3.05, 3.63) is 60.0 Å². The summed E-state index contributed by atoms with van der Waals surface area (Å²) in [5.74, 6) is 0.392. The van der Waals surface area contributed by atoms with Gasteiger partial charge in [0, 0.05) is 56.4 Å². The van der Waals surface area contributed by atoms with E-state index in [1.807, 2.05) is 6.20 Å². The van der Waals surface area contributed by atoms with Crippen molar-refractivity contribution in [3.63, 3.8) is 0 Å². The van der Waals surface area contributed by atoms with E-state index in [0.717, 1.165) is 62.2 Å². The topological polar surface area (TPSA) is 77.7 Å². The first kappa shape index (κ1) is 25.6. The lowest BCUT2D eigenvalue weighted by Gasteiger charge is -2.33. The zero-order valence-corrected chi connectivity index (χ0v) is 21.1. The first-order valence-electron chi connectivity index (χ1n) is 12.4. The number of benzene rings is 2. The van der Waals surface area contributed by atoms with Crippen LogP contribution < -0.4 is 9.46 Å². The molecule has 0 spiro atoms. The molecule has 7 nitrogen and oxygen atoms in total. The summed E-state index contributed by atoms with van der Waals surface area (Å²) >= 11 is 0. The van der Waals surface area contributed by atoms with Crippen molar-refractivity contribution in [3.8, 4) is 5.75 Å². The molecule has 9 heteroatoms. The number of ether oxygens (including phenoxy) is 1. The number of piperazine rings is 1. The normalized spacial score (nSPS) is 15.6. The van der Waals surface area contributed by atoms with E-state index in [4.69, 9.17) is 4.74 Å². The van der Waals surface area contributed by atoms with Gasteiger partial charge in [-0.15, -0.1) is 0 Å². The number of aryl methyl sites for hydroxylation is 1. The highest BCUT2D eigenvalue weighted by Gasteiger charge is 2.15. The zero-order chi connectivity index (χ0) is 24.7. The average Bonchev–Trinajstić information content (AvgIpc) is 3.27. The summed E-state index contributed by atoms with van der Waals surface area (Å²) in [5.41, 5.74) is 1.85. The van der Waals surface area contributed by atoms with E-state index in [-0.39, 0.29) is 10.7 Å². The van der Waals surface area contributed by atoms with E-state index < -0.39 is 10.0 Å². The van der Waals surface area contributed by atoms with Gasteiger partial charge in [0.2, 0.25) is 10.0 Å². The maximum Gasteiger partial charge on any atom is 0.240 e. The predicted molar refractivity (Wildman–Crippen MR) is 137 cm³/mol. The van der Waals surface area contributed by atoms with Crippen molar-refractivity contribution < 1.29 is 17.5 Å². The molecule has 2 heterocycles. The second-order valence-electron chi connectivity index (χ2n) is 8.95. The Morgan fingerprint density at radius 1 is 1.03 bits per heavy atom. The maximum absolute atomic E-state index is 13.5. The molecule has 2 N–H and O–H groups in total. The van der Waals surface area contributed by atoms with Crippen molar-refractivity contribution in [2.75, 3.05) is 52.4 Å². The third-order valence-electron chi connectivity index (χ3n) is 6.58. The Bertz CT molecular complexity index is 1190. The molecule has 0 amide bonds. The highest BCUT2D eigenvalue weighted by Crippen LogP contribution is 2.21. The largest absolute Gasteiger partial charge is 0.494 e. The zero-order valence-electron chi connectivity index (χ0n) is 20.3. The molecule has 0 unspecified atom stereocenters. The number of nitrogens with zero attached hydrogens (tertiary/aromatic N) is 2. The van der Waals surface area contributed by atoms with Crippen LogP contribution in [0.25, 0.3) is 10.9 Å². The Hall–Kier alpha value is -2.46. The van der Waals surface area contributed by atoms with Crippen LogP contribution in [0.4, 0.5) is 4.39 Å². The fourth-order valence-corrected chi connectivity index (χ4v) is 5.52. The van der Waals surface area contributed by atoms with Crippen molar-refractivity contribution in [2.24, 2.45) is 0 Å². The summed E-state index contributed by atoms with van der Waals surface area (Å²) in [7, 11) is -3.60. The first-order chi connectivity index (χ1) is 16.9. The van der Waals surface area contributed by atoms with Crippen molar-refractivity contribution in [1.29, 1.82) is 0 Å². The van der Waals surface area contributed by atoms with Gasteiger partial charge in [-0.3, -0.25) is 0 Å². The minimum Gasteiger partial charge on any atom is -0.494 e. The molecule has 2 aromatic carbocycles. The van der Waals surface area contributed by atoms with Crippen LogP contribution in [0.2, 0.25) is 0 Å². The van der Waals surface area contributed by atoms with Crippen molar-refractivity contribution in [1.82, 2.24) is 19.5 Å². The van der Waals surface area contributed by atoms with Crippen LogP contribution in [0.3, 0.4) is 0 Å². The number of rotatable bonds is 12. The minimum atomic E-state index is -3.60. The molecule has 1 aliphatic heterocycles. The van der Waals surface area contributed by atoms with Crippen LogP contribution in [-0.2, 0) is 16.4 Å². The average molecular weight is 503 g/mol. The first-order valence-corrected chi connectivity index (χ1v) is 13.9. The van der Waals surface area contributed by atoms with Gasteiger partial charge in [0.1, 0.15) is 11.6 Å². The number of halogens is 1. The molecule has 0 bridgehead atoms. The Kier molecular flexibility index (Phi) is 8.78. The smallest absolute Gasteiger partial charge is 0.240 e. The van der Waals surface area contributed by atoms with Gasteiger partial charge in [-0.05, 0) is 73.8 Å². The number of fused-ring (bicyclic) bond motifs is 1. The highest BCUT2D eigenvalue weighted by atomic mass is 32.2. The number of H-pyrrole nitrogens is 1. The van der Waals surface area contributed by atoms with Gasteiger partial charge in [-0.2, -0.15) is 0 Å². The van der Waals surface area contributed by atoms with Gasteiger partial charge >= 0.3 is 0 Å². The number of hydrogen-bond acceptors (Lipinski definition) is 5. The van der Waals surface area contributed by atoms with Crippen molar-refractivity contribution >= 4 is 20.9 Å². The molecule has 1 aromatic heterocycles. The van der Waals surface area contributed by atoms with Gasteiger partial charge in [-0.1, -0.05) is 6.92 Å². The molecule has 0 aliphatic carbocycles. The van der Waals surface area contributed by atoms with Crippen LogP contribution >= 0.6 is 0 Å². The van der Waals surface area contributed by atoms with Crippen LogP contribution in [0.1, 0.15) is 25.3 Å². The molecular formula is C26H35FN4O3S. The molecule has 1 fully saturated rings. The maximum atomic E-state index is 13.5. The lowest BCUT2D eigenvalue weighted by molar-refractivity contribution is 0.130. The van der Waals surface area contributed by atoms with Gasteiger partial charge in [-0.25, -0.2) is 17.5 Å². The molecule has 1 aliphatic rings. The van der Waals surface area contributed by atoms with Gasteiger partial charge in [0.15, 0.2) is 0 Å². The van der Waals surface area contributed by atoms with Crippen LogP contribution in [0.15, 0.2) is 53.6 Å². The summed E-state index contributed by atoms with van der Waals surface area (Å²) < 4.78 is 47.2. The molecule has 0 atom stereocenters. The summed E-state index contributed by atoms with van der Waals surface area (Å²) in [5, 5.41) is 0.836. The second-order valence-corrected chi connectivity index (χ2v) is 10.7. The number of aromatic amines is 1. The Balaban J connectivity index is 1.17. The number of likely N-dealkylation sites (N-methyl/N-ethyl adjacent to an activating group) is 1. The number of aromatic nitrogens is 1. The number of nitrogens with one attached hydrogen (secondary N) is 2. The number of hydrogen-bond donors (Lipinski definition) is 2. The fraction of sp³-hybridized carbons (Fsp3) is 0.462. The summed E-state index contributed by atoms with van der Waals surface area (Å²) in [6.45, 7) is 9.71. The Morgan fingerprint density at radius 3 is 2.51 bits per heavy atom. The van der Waals surface area contributed by atoms with Crippen molar-refractivity contribution in [2.45, 2.75) is 31.1 Å². The summed E-state index contributed by atoms with van der Waals surface area (Å²) in [6.07, 6.45) is 4.05. The van der Waals surface area contributed by atoms with Gasteiger partial charge in [0.25, 0.3) is 0 Å². The molecule has 3 aromatic rings. The van der Waals surface area contributed by atoms with Crippen LogP contribution in [0, 0.1) is 5.82 Å². The molecule has 0 radical (unpaired) electrons. The van der Waals surface area contributed by atoms with E-state index in [2.05, 4.69) is 26.4 Å². The molecule has 0 saturated carbocycles. The molecule has 190 valence electrons. The Labute approximate surface area is 207 Å². The molecule has 35 heavy (non-hydrogen) atoms. The Morgan fingerprint density at radius 2 is 1.77 bits per heavy atom. The lowest BCUT2D eigenvalue weighted by atomic mass is 10.1.